The van der Waals surface area contributed by atoms with Crippen molar-refractivity contribution >= 4 is 16.0 Å². The van der Waals surface area contributed by atoms with Gasteiger partial charge in [-0.15, -0.1) is 0 Å². The maximum Gasteiger partial charge on any atom is 0.209 e. The highest BCUT2D eigenvalue weighted by Gasteiger charge is 2.22. The first-order chi connectivity index (χ1) is 10.5. The van der Waals surface area contributed by atoms with Crippen LogP contribution in [0.1, 0.15) is 37.9 Å². The number of hydrogen-bond acceptors (Lipinski definition) is 3. The van der Waals surface area contributed by atoms with Gasteiger partial charge in [0, 0.05) is 19.1 Å². The molecule has 0 aliphatic rings. The first kappa shape index (κ1) is 19.4. The van der Waals surface area contributed by atoms with Crippen LogP contribution in [0.25, 0.3) is 0 Å². The first-order valence-electron chi connectivity index (χ1n) is 7.56. The minimum absolute atomic E-state index is 0.0911. The van der Waals surface area contributed by atoms with Gasteiger partial charge in [0.2, 0.25) is 10.0 Å². The summed E-state index contributed by atoms with van der Waals surface area (Å²) in [5.41, 5.74) is 1.79. The summed E-state index contributed by atoms with van der Waals surface area (Å²) in [6, 6.07) is 8.26. The van der Waals surface area contributed by atoms with Crippen molar-refractivity contribution in [1.82, 2.24) is 15.4 Å². The number of sulfonamides is 1. The van der Waals surface area contributed by atoms with Crippen LogP contribution < -0.4 is 15.4 Å². The molecule has 1 aromatic carbocycles. The van der Waals surface area contributed by atoms with Crippen molar-refractivity contribution in [1.29, 1.82) is 0 Å². The summed E-state index contributed by atoms with van der Waals surface area (Å²) in [4.78, 5) is 4.20. The van der Waals surface area contributed by atoms with Crippen LogP contribution in [0.4, 0.5) is 0 Å². The van der Waals surface area contributed by atoms with Crippen molar-refractivity contribution in [3.63, 3.8) is 0 Å². The maximum absolute atomic E-state index is 11.4. The summed E-state index contributed by atoms with van der Waals surface area (Å²) in [7, 11) is -1.57. The molecule has 3 N–H and O–H groups in total. The lowest BCUT2D eigenvalue weighted by atomic mass is 10.0. The van der Waals surface area contributed by atoms with E-state index in [-0.39, 0.29) is 6.04 Å². The average Bonchev–Trinajstić information content (AvgIpc) is 2.41. The predicted octanol–water partition coefficient (Wildman–Crippen LogP) is 1.55. The molecular formula is C16H28N4O2S. The molecule has 7 heteroatoms. The molecule has 0 fully saturated rings. The molecule has 130 valence electrons. The highest BCUT2D eigenvalue weighted by molar-refractivity contribution is 7.88. The Morgan fingerprint density at radius 1 is 1.30 bits per heavy atom. The van der Waals surface area contributed by atoms with Crippen LogP contribution in [-0.2, 0) is 10.0 Å². The quantitative estimate of drug-likeness (QED) is 0.542. The van der Waals surface area contributed by atoms with E-state index >= 15 is 0 Å². The minimum atomic E-state index is -3.26. The molecular weight excluding hydrogens is 312 g/mol. The molecule has 0 aliphatic heterocycles. The third kappa shape index (κ3) is 7.00. The summed E-state index contributed by atoms with van der Waals surface area (Å²) >= 11 is 0. The third-order valence-corrected chi connectivity index (χ3v) is 4.31. The zero-order valence-electron chi connectivity index (χ0n) is 14.8. The lowest BCUT2D eigenvalue weighted by Crippen LogP contribution is -2.53. The average molecular weight is 340 g/mol. The molecule has 1 aromatic rings. The Labute approximate surface area is 139 Å². The summed E-state index contributed by atoms with van der Waals surface area (Å²) < 4.78 is 25.3. The molecule has 0 aromatic heterocycles. The topological polar surface area (TPSA) is 82.6 Å². The van der Waals surface area contributed by atoms with Gasteiger partial charge >= 0.3 is 0 Å². The normalized spacial score (nSPS) is 14.4. The van der Waals surface area contributed by atoms with E-state index in [1.165, 1.54) is 11.1 Å². The van der Waals surface area contributed by atoms with Crippen molar-refractivity contribution in [2.24, 2.45) is 4.99 Å². The van der Waals surface area contributed by atoms with Gasteiger partial charge in [0.25, 0.3) is 0 Å². The molecule has 0 saturated carbocycles. The van der Waals surface area contributed by atoms with Gasteiger partial charge in [-0.1, -0.05) is 24.3 Å². The molecule has 23 heavy (non-hydrogen) atoms. The predicted molar refractivity (Wildman–Crippen MR) is 96.1 cm³/mol. The monoisotopic (exact) mass is 340 g/mol. The molecule has 0 heterocycles. The largest absolute Gasteiger partial charge is 0.355 e. The van der Waals surface area contributed by atoms with E-state index in [2.05, 4.69) is 46.3 Å². The van der Waals surface area contributed by atoms with E-state index < -0.39 is 15.6 Å². The third-order valence-electron chi connectivity index (χ3n) is 3.39. The van der Waals surface area contributed by atoms with Gasteiger partial charge in [0.05, 0.1) is 12.3 Å². The maximum atomic E-state index is 11.4. The highest BCUT2D eigenvalue weighted by atomic mass is 32.2. The zero-order chi connectivity index (χ0) is 17.7. The van der Waals surface area contributed by atoms with Crippen LogP contribution in [0.2, 0.25) is 0 Å². The van der Waals surface area contributed by atoms with Crippen LogP contribution in [0.3, 0.4) is 0 Å². The van der Waals surface area contributed by atoms with Gasteiger partial charge in [-0.25, -0.2) is 13.1 Å². The van der Waals surface area contributed by atoms with Crippen molar-refractivity contribution in [3.05, 3.63) is 35.4 Å². The Balaban J connectivity index is 2.67. The van der Waals surface area contributed by atoms with Gasteiger partial charge in [-0.3, -0.25) is 4.99 Å². The van der Waals surface area contributed by atoms with Gasteiger partial charge < -0.3 is 10.6 Å². The molecule has 0 radical (unpaired) electrons. The van der Waals surface area contributed by atoms with Gasteiger partial charge in [0.15, 0.2) is 5.96 Å². The molecule has 1 atom stereocenters. The number of nitrogens with one attached hydrogen (secondary N) is 3. The van der Waals surface area contributed by atoms with E-state index in [0.29, 0.717) is 12.5 Å². The summed E-state index contributed by atoms with van der Waals surface area (Å²) in [6.07, 6.45) is 1.15. The van der Waals surface area contributed by atoms with Crippen LogP contribution in [0, 0.1) is 6.92 Å². The molecule has 1 unspecified atom stereocenters. The fourth-order valence-corrected chi connectivity index (χ4v) is 3.47. The number of nitrogens with zero attached hydrogens (tertiary/aromatic N) is 1. The second kappa shape index (κ2) is 7.79. The molecule has 0 saturated heterocycles. The van der Waals surface area contributed by atoms with E-state index in [9.17, 15) is 8.42 Å². The lowest BCUT2D eigenvalue weighted by molar-refractivity contribution is 0.445. The van der Waals surface area contributed by atoms with Crippen LogP contribution in [0.15, 0.2) is 29.3 Å². The Hall–Kier alpha value is -1.60. The van der Waals surface area contributed by atoms with E-state index in [1.54, 1.807) is 7.05 Å². The standard InChI is InChI=1S/C16H28N4O2S/c1-12-9-7-8-10-14(12)13(2)19-15(17-5)18-11-16(3,4)20-23(6,21)22/h7-10,13,20H,11H2,1-6H3,(H2,17,18,19). The van der Waals surface area contributed by atoms with Crippen molar-refractivity contribution in [2.45, 2.75) is 39.3 Å². The molecule has 0 bridgehead atoms. The lowest BCUT2D eigenvalue weighted by Gasteiger charge is -2.27. The fourth-order valence-electron chi connectivity index (χ4n) is 2.39. The minimum Gasteiger partial charge on any atom is -0.355 e. The van der Waals surface area contributed by atoms with Gasteiger partial charge in [-0.05, 0) is 38.8 Å². The Morgan fingerprint density at radius 2 is 1.91 bits per heavy atom. The van der Waals surface area contributed by atoms with Crippen LogP contribution >= 0.6 is 0 Å². The number of rotatable bonds is 6. The number of aryl methyl sites for hydroxylation is 1. The zero-order valence-corrected chi connectivity index (χ0v) is 15.6. The molecule has 0 amide bonds. The van der Waals surface area contributed by atoms with Crippen molar-refractivity contribution < 1.29 is 8.42 Å². The number of aliphatic imine (C=N–C) groups is 1. The Morgan fingerprint density at radius 3 is 2.43 bits per heavy atom. The summed E-state index contributed by atoms with van der Waals surface area (Å²) in [5.74, 6) is 0.629. The van der Waals surface area contributed by atoms with E-state index in [4.69, 9.17) is 0 Å². The van der Waals surface area contributed by atoms with Crippen molar-refractivity contribution in [2.75, 3.05) is 19.8 Å². The van der Waals surface area contributed by atoms with Crippen LogP contribution in [0.5, 0.6) is 0 Å². The molecule has 6 nitrogen and oxygen atoms in total. The molecule has 1 rings (SSSR count). The van der Waals surface area contributed by atoms with Gasteiger partial charge in [-0.2, -0.15) is 0 Å². The smallest absolute Gasteiger partial charge is 0.209 e. The highest BCUT2D eigenvalue weighted by Crippen LogP contribution is 2.16. The first-order valence-corrected chi connectivity index (χ1v) is 9.45. The van der Waals surface area contributed by atoms with E-state index in [0.717, 1.165) is 6.26 Å². The fraction of sp³-hybridized carbons (Fsp3) is 0.562. The number of guanidine groups is 1. The van der Waals surface area contributed by atoms with Crippen molar-refractivity contribution in [3.8, 4) is 0 Å². The summed E-state index contributed by atoms with van der Waals surface area (Å²) in [5, 5.41) is 6.49. The summed E-state index contributed by atoms with van der Waals surface area (Å²) in [6.45, 7) is 8.19. The van der Waals surface area contributed by atoms with Crippen LogP contribution in [-0.4, -0.2) is 39.8 Å². The Kier molecular flexibility index (Phi) is 6.58. The molecule has 0 aliphatic carbocycles. The SMILES string of the molecule is CN=C(NCC(C)(C)NS(C)(=O)=O)NC(C)c1ccccc1C. The Bertz CT molecular complexity index is 654. The second-order valence-electron chi connectivity index (χ2n) is 6.41. The van der Waals surface area contributed by atoms with Gasteiger partial charge in [0.1, 0.15) is 0 Å². The number of hydrogen-bond donors (Lipinski definition) is 3. The van der Waals surface area contributed by atoms with E-state index in [1.807, 2.05) is 26.0 Å². The molecule has 0 spiro atoms. The second-order valence-corrected chi connectivity index (χ2v) is 8.15. The number of benzene rings is 1.